The number of hydrogen-bond acceptors (Lipinski definition) is 4. The van der Waals surface area contributed by atoms with Gasteiger partial charge in [0.2, 0.25) is 0 Å². The molecule has 0 unspecified atom stereocenters. The number of hydrogen-bond donors (Lipinski definition) is 0. The molecule has 0 saturated heterocycles. The molecule has 0 amide bonds. The van der Waals surface area contributed by atoms with Gasteiger partial charge in [0.05, 0.1) is 63.7 Å². The Morgan fingerprint density at radius 2 is 0.923 bits per heavy atom. The smallest absolute Gasteiger partial charge is 0.166 e. The molecular formula is C46H28N6. The van der Waals surface area contributed by atoms with Crippen molar-refractivity contribution in [2.75, 3.05) is 0 Å². The van der Waals surface area contributed by atoms with Crippen molar-refractivity contribution in [3.05, 3.63) is 175 Å². The first-order valence-corrected chi connectivity index (χ1v) is 15.7. The van der Waals surface area contributed by atoms with E-state index in [1.54, 1.807) is 48.5 Å². The summed E-state index contributed by atoms with van der Waals surface area (Å²) in [6, 6.07) is 6.55. The molecule has 0 saturated carbocycles. The zero-order valence-electron chi connectivity index (χ0n) is 44.5. The number of rotatable bonds is 5. The normalized spacial score (nSPS) is 16.3. The van der Waals surface area contributed by atoms with Crippen molar-refractivity contribution in [1.82, 2.24) is 24.1 Å². The van der Waals surface area contributed by atoms with Crippen LogP contribution in [0.1, 0.15) is 30.2 Å². The number of aromatic nitrogens is 5. The molecule has 0 N–H and O–H groups in total. The van der Waals surface area contributed by atoms with Crippen LogP contribution >= 0.6 is 0 Å². The monoisotopic (exact) mass is 682 g/mol. The van der Waals surface area contributed by atoms with Gasteiger partial charge in [0, 0.05) is 38.2 Å². The molecule has 3 aromatic heterocycles. The number of benzene rings is 7. The number of fused-ring (bicyclic) bond motifs is 6. The maximum absolute atomic E-state index is 11.2. The van der Waals surface area contributed by atoms with Gasteiger partial charge < -0.3 is 9.13 Å². The third kappa shape index (κ3) is 4.61. The minimum absolute atomic E-state index is 0.00925. The predicted molar refractivity (Wildman–Crippen MR) is 210 cm³/mol. The summed E-state index contributed by atoms with van der Waals surface area (Å²) in [5.74, 6) is -1.69. The second-order valence-corrected chi connectivity index (χ2v) is 11.5. The molecule has 10 rings (SSSR count). The highest BCUT2D eigenvalue weighted by atomic mass is 15.1. The van der Waals surface area contributed by atoms with E-state index in [1.165, 1.54) is 21.3 Å². The highest BCUT2D eigenvalue weighted by Crippen LogP contribution is 2.40. The van der Waals surface area contributed by atoms with Crippen molar-refractivity contribution in [2.45, 2.75) is 0 Å². The lowest BCUT2D eigenvalue weighted by molar-refractivity contribution is 1.06. The minimum Gasteiger partial charge on any atom is -0.308 e. The maximum atomic E-state index is 11.2. The molecule has 0 fully saturated rings. The van der Waals surface area contributed by atoms with Crippen LogP contribution in [0.3, 0.4) is 0 Å². The van der Waals surface area contributed by atoms with Crippen molar-refractivity contribution < 1.29 is 24.7 Å². The third-order valence-electron chi connectivity index (χ3n) is 8.65. The van der Waals surface area contributed by atoms with Gasteiger partial charge >= 0.3 is 0 Å². The molecule has 6 heteroatoms. The quantitative estimate of drug-likeness (QED) is 0.181. The zero-order chi connectivity index (χ0) is 50.3. The average Bonchev–Trinajstić information content (AvgIpc) is 3.90. The summed E-state index contributed by atoms with van der Waals surface area (Å²) >= 11 is 0. The average molecular weight is 683 g/mol. The van der Waals surface area contributed by atoms with Gasteiger partial charge in [-0.1, -0.05) is 133 Å². The second kappa shape index (κ2) is 11.9. The standard InChI is InChI=1S/C46H28N6/c47-29-32-27-37(46-49-44(30-15-3-1-4-16-30)48-45(50-46)31-17-5-2-6-18-31)43(52-40-25-13-9-21-35(40)36-22-10-14-26-41(36)52)28-42(32)51-38-23-11-7-19-33(38)34-20-8-12-24-39(34)51/h1-28H/i1D,2D,3D,4D,5D,6D,7D,9D,11D,13D,15D,16D,17D,18D,19D,21D,23D,25D. The third-order valence-corrected chi connectivity index (χ3v) is 8.65. The van der Waals surface area contributed by atoms with Gasteiger partial charge in [-0.2, -0.15) is 5.26 Å². The molecular weight excluding hydrogens is 637 g/mol. The Hall–Kier alpha value is -7.36. The summed E-state index contributed by atoms with van der Waals surface area (Å²) in [4.78, 5) is 13.7. The van der Waals surface area contributed by atoms with Crippen LogP contribution < -0.4 is 0 Å². The van der Waals surface area contributed by atoms with E-state index in [0.717, 1.165) is 0 Å². The van der Waals surface area contributed by atoms with Crippen LogP contribution in [0.2, 0.25) is 0 Å². The van der Waals surface area contributed by atoms with Crippen LogP contribution in [-0.2, 0) is 0 Å². The predicted octanol–water partition coefficient (Wildman–Crippen LogP) is 10.9. The van der Waals surface area contributed by atoms with Gasteiger partial charge in [-0.15, -0.1) is 0 Å². The largest absolute Gasteiger partial charge is 0.308 e. The summed E-state index contributed by atoms with van der Waals surface area (Å²) in [7, 11) is 0. The van der Waals surface area contributed by atoms with Crippen molar-refractivity contribution in [3.63, 3.8) is 0 Å². The van der Waals surface area contributed by atoms with E-state index in [4.69, 9.17) is 21.9 Å². The van der Waals surface area contributed by atoms with Gasteiger partial charge in [0.1, 0.15) is 6.07 Å². The van der Waals surface area contributed by atoms with Gasteiger partial charge in [0.15, 0.2) is 17.5 Å². The molecule has 6 nitrogen and oxygen atoms in total. The zero-order valence-corrected chi connectivity index (χ0v) is 26.5. The van der Waals surface area contributed by atoms with E-state index in [-0.39, 0.29) is 55.9 Å². The Morgan fingerprint density at radius 3 is 1.46 bits per heavy atom. The molecule has 0 radical (unpaired) electrons. The number of nitrogens with zero attached hydrogens (tertiary/aromatic N) is 6. The van der Waals surface area contributed by atoms with E-state index < -0.39 is 131 Å². The molecule has 10 aromatic rings. The molecule has 0 atom stereocenters. The van der Waals surface area contributed by atoms with Crippen LogP contribution in [0, 0.1) is 11.3 Å². The van der Waals surface area contributed by atoms with Crippen LogP contribution in [0.4, 0.5) is 0 Å². The highest BCUT2D eigenvalue weighted by Gasteiger charge is 2.23. The molecule has 52 heavy (non-hydrogen) atoms. The van der Waals surface area contributed by atoms with E-state index >= 15 is 0 Å². The second-order valence-electron chi connectivity index (χ2n) is 11.5. The Labute approximate surface area is 324 Å². The Bertz CT molecular complexity index is 3940. The van der Waals surface area contributed by atoms with Gasteiger partial charge in [0.25, 0.3) is 0 Å². The SMILES string of the molecule is [2H]c1c([2H])c([2H])c(-c2nc(-c3cc(C#N)c(-n4c5ccccc5c5c([2H])c([2H])c([2H])c([2H])c54)cc3-n3c4ccccc4c4c([2H])c([2H])c([2H])c([2H])c43)nc(-c3c([2H])c([2H])c([2H])c([2H])c3[2H])n2)c([2H])c1[2H]. The van der Waals surface area contributed by atoms with E-state index in [9.17, 15) is 8.00 Å². The number of nitriles is 1. The first-order chi connectivity index (χ1) is 33.2. The van der Waals surface area contributed by atoms with Crippen molar-refractivity contribution in [2.24, 2.45) is 0 Å². The fourth-order valence-corrected chi connectivity index (χ4v) is 6.50. The van der Waals surface area contributed by atoms with Crippen LogP contribution in [0.25, 0.3) is 89.2 Å². The lowest BCUT2D eigenvalue weighted by atomic mass is 10.0. The van der Waals surface area contributed by atoms with E-state index in [1.807, 2.05) is 0 Å². The van der Waals surface area contributed by atoms with Gasteiger partial charge in [-0.25, -0.2) is 15.0 Å². The topological polar surface area (TPSA) is 72.3 Å². The first kappa shape index (κ1) is 16.6. The molecule has 0 bridgehead atoms. The molecule has 242 valence electrons. The minimum atomic E-state index is -0.775. The Morgan fingerprint density at radius 1 is 0.462 bits per heavy atom. The number of para-hydroxylation sites is 4. The fourth-order valence-electron chi connectivity index (χ4n) is 6.50. The van der Waals surface area contributed by atoms with Crippen LogP contribution in [-0.4, -0.2) is 24.1 Å². The fraction of sp³-hybridized carbons (Fsp3) is 0. The molecule has 0 aliphatic rings. The Kier molecular flexibility index (Phi) is 3.79. The van der Waals surface area contributed by atoms with Gasteiger partial charge in [-0.3, -0.25) is 0 Å². The Balaban J connectivity index is 1.45. The molecule has 0 aliphatic carbocycles. The van der Waals surface area contributed by atoms with Crippen LogP contribution in [0.5, 0.6) is 0 Å². The van der Waals surface area contributed by atoms with Crippen LogP contribution in [0.15, 0.2) is 169 Å². The maximum Gasteiger partial charge on any atom is 0.166 e. The van der Waals surface area contributed by atoms with Crippen molar-refractivity contribution >= 4 is 43.6 Å². The summed E-state index contributed by atoms with van der Waals surface area (Å²) in [5.41, 5.74) is -0.949. The van der Waals surface area contributed by atoms with E-state index in [0.29, 0.717) is 16.3 Å². The van der Waals surface area contributed by atoms with Crippen molar-refractivity contribution in [3.8, 4) is 51.6 Å². The van der Waals surface area contributed by atoms with E-state index in [2.05, 4.69) is 21.0 Å². The highest BCUT2D eigenvalue weighted by molar-refractivity contribution is 6.11. The lowest BCUT2D eigenvalue weighted by Gasteiger charge is -2.18. The molecule has 3 heterocycles. The molecule has 7 aromatic carbocycles. The lowest BCUT2D eigenvalue weighted by Crippen LogP contribution is -2.07. The summed E-state index contributed by atoms with van der Waals surface area (Å²) < 4.78 is 160. The first-order valence-electron chi connectivity index (χ1n) is 24.7. The van der Waals surface area contributed by atoms with Crippen molar-refractivity contribution in [1.29, 1.82) is 5.26 Å². The molecule has 0 aliphatic heterocycles. The summed E-state index contributed by atoms with van der Waals surface area (Å²) in [5, 5.41) is 12.1. The summed E-state index contributed by atoms with van der Waals surface area (Å²) in [6.45, 7) is 0. The summed E-state index contributed by atoms with van der Waals surface area (Å²) in [6.07, 6.45) is 0. The van der Waals surface area contributed by atoms with Gasteiger partial charge in [-0.05, 0) is 36.4 Å². The molecule has 0 spiro atoms.